The van der Waals surface area contributed by atoms with Crippen LogP contribution in [0.4, 0.5) is 0 Å². The number of amides is 1. The van der Waals surface area contributed by atoms with Gasteiger partial charge in [0.1, 0.15) is 5.69 Å². The van der Waals surface area contributed by atoms with Crippen molar-refractivity contribution in [2.24, 2.45) is 5.73 Å². The molecule has 13 heavy (non-hydrogen) atoms. The van der Waals surface area contributed by atoms with E-state index in [1.54, 1.807) is 0 Å². The molecule has 0 unspecified atom stereocenters. The Balaban J connectivity index is 2.64. The van der Waals surface area contributed by atoms with Gasteiger partial charge in [-0.15, -0.1) is 0 Å². The second-order valence-electron chi connectivity index (χ2n) is 2.62. The Hall–Kier alpha value is -1.40. The van der Waals surface area contributed by atoms with Crippen LogP contribution in [0.5, 0.6) is 0 Å². The molecular formula is C7H11N3O3. The average Bonchev–Trinajstić information content (AvgIpc) is 2.52. The lowest BCUT2D eigenvalue weighted by Crippen LogP contribution is -2.21. The number of carbonyl (C=O) groups is 1. The molecule has 0 saturated heterocycles. The molecule has 0 aliphatic carbocycles. The van der Waals surface area contributed by atoms with Gasteiger partial charge in [-0.2, -0.15) is 5.10 Å². The van der Waals surface area contributed by atoms with Crippen molar-refractivity contribution in [2.75, 3.05) is 6.61 Å². The summed E-state index contributed by atoms with van der Waals surface area (Å²) in [4.78, 5) is 10.6. The molecule has 1 rings (SSSR count). The van der Waals surface area contributed by atoms with Crippen LogP contribution in [0.3, 0.4) is 0 Å². The van der Waals surface area contributed by atoms with Crippen LogP contribution in [-0.2, 0) is 6.54 Å². The standard InChI is InChI=1S/C7H11N3O3/c8-7(13)6-1-2-10(9-6)3-5(12)4-11/h1-2,5,11-12H,3-4H2,(H2,8,13)/t5-/m0/s1. The summed E-state index contributed by atoms with van der Waals surface area (Å²) < 4.78 is 1.35. The van der Waals surface area contributed by atoms with Crippen LogP contribution in [0.2, 0.25) is 0 Å². The zero-order valence-electron chi connectivity index (χ0n) is 6.92. The van der Waals surface area contributed by atoms with Gasteiger partial charge in [0.2, 0.25) is 0 Å². The molecule has 0 bridgehead atoms. The third-order valence-electron chi connectivity index (χ3n) is 1.50. The van der Waals surface area contributed by atoms with E-state index in [9.17, 15) is 4.79 Å². The first kappa shape index (κ1) is 9.69. The maximum atomic E-state index is 10.6. The van der Waals surface area contributed by atoms with Crippen LogP contribution in [0.1, 0.15) is 10.5 Å². The molecule has 1 aromatic heterocycles. The largest absolute Gasteiger partial charge is 0.394 e. The first-order chi connectivity index (χ1) is 6.13. The van der Waals surface area contributed by atoms with E-state index < -0.39 is 12.0 Å². The van der Waals surface area contributed by atoms with E-state index in [1.807, 2.05) is 0 Å². The number of nitrogens with zero attached hydrogens (tertiary/aromatic N) is 2. The third kappa shape index (κ3) is 2.53. The van der Waals surface area contributed by atoms with E-state index in [0.717, 1.165) is 0 Å². The molecule has 0 aromatic carbocycles. The Labute approximate surface area is 74.6 Å². The van der Waals surface area contributed by atoms with Crippen molar-refractivity contribution in [2.45, 2.75) is 12.6 Å². The smallest absolute Gasteiger partial charge is 0.269 e. The van der Waals surface area contributed by atoms with Gasteiger partial charge >= 0.3 is 0 Å². The second-order valence-corrected chi connectivity index (χ2v) is 2.62. The van der Waals surface area contributed by atoms with Crippen LogP contribution in [0.15, 0.2) is 12.3 Å². The van der Waals surface area contributed by atoms with Crippen molar-refractivity contribution >= 4 is 5.91 Å². The predicted octanol–water partition coefficient (Wildman–Crippen LogP) is -1.66. The summed E-state index contributed by atoms with van der Waals surface area (Å²) in [6.07, 6.45) is 0.638. The fourth-order valence-corrected chi connectivity index (χ4v) is 0.868. The molecule has 0 fully saturated rings. The minimum atomic E-state index is -0.874. The molecule has 6 heteroatoms. The molecule has 0 spiro atoms. The zero-order valence-corrected chi connectivity index (χ0v) is 6.92. The van der Waals surface area contributed by atoms with Gasteiger partial charge in [-0.3, -0.25) is 9.48 Å². The Morgan fingerprint density at radius 2 is 2.46 bits per heavy atom. The lowest BCUT2D eigenvalue weighted by Gasteiger charge is -2.05. The molecule has 1 aromatic rings. The third-order valence-corrected chi connectivity index (χ3v) is 1.50. The summed E-state index contributed by atoms with van der Waals surface area (Å²) in [7, 11) is 0. The highest BCUT2D eigenvalue weighted by molar-refractivity contribution is 5.90. The summed E-state index contributed by atoms with van der Waals surface area (Å²) in [5.41, 5.74) is 5.11. The first-order valence-corrected chi connectivity index (χ1v) is 3.75. The van der Waals surface area contributed by atoms with Crippen LogP contribution < -0.4 is 5.73 Å². The molecule has 1 amide bonds. The first-order valence-electron chi connectivity index (χ1n) is 3.75. The Bertz CT molecular complexity index is 297. The molecule has 4 N–H and O–H groups in total. The van der Waals surface area contributed by atoms with E-state index in [-0.39, 0.29) is 18.8 Å². The molecule has 6 nitrogen and oxygen atoms in total. The van der Waals surface area contributed by atoms with Crippen molar-refractivity contribution in [3.63, 3.8) is 0 Å². The number of nitrogens with two attached hydrogens (primary N) is 1. The maximum Gasteiger partial charge on any atom is 0.269 e. The number of carbonyl (C=O) groups excluding carboxylic acids is 1. The number of rotatable bonds is 4. The van der Waals surface area contributed by atoms with Gasteiger partial charge in [0, 0.05) is 6.20 Å². The molecule has 0 radical (unpaired) electrons. The van der Waals surface area contributed by atoms with Crippen molar-refractivity contribution in [1.82, 2.24) is 9.78 Å². The van der Waals surface area contributed by atoms with Crippen LogP contribution >= 0.6 is 0 Å². The topological polar surface area (TPSA) is 101 Å². The summed E-state index contributed by atoms with van der Waals surface area (Å²) >= 11 is 0. The SMILES string of the molecule is NC(=O)c1ccn(C[C@H](O)CO)n1. The zero-order chi connectivity index (χ0) is 9.84. The van der Waals surface area contributed by atoms with Gasteiger partial charge in [0.15, 0.2) is 0 Å². The number of aliphatic hydroxyl groups is 2. The maximum absolute atomic E-state index is 10.6. The summed E-state index contributed by atoms with van der Waals surface area (Å²) in [5.74, 6) is -0.614. The van der Waals surface area contributed by atoms with Gasteiger partial charge in [-0.25, -0.2) is 0 Å². The van der Waals surface area contributed by atoms with Crippen molar-refractivity contribution in [3.8, 4) is 0 Å². The molecule has 1 heterocycles. The lowest BCUT2D eigenvalue weighted by atomic mass is 10.4. The second kappa shape index (κ2) is 4.01. The normalized spacial score (nSPS) is 12.8. The molecule has 1 atom stereocenters. The van der Waals surface area contributed by atoms with Crippen LogP contribution in [-0.4, -0.2) is 38.6 Å². The molecule has 72 valence electrons. The Kier molecular flexibility index (Phi) is 2.99. The number of primary amides is 1. The molecule has 0 saturated carbocycles. The highest BCUT2D eigenvalue weighted by Gasteiger charge is 2.07. The van der Waals surface area contributed by atoms with Gasteiger partial charge in [0.05, 0.1) is 19.3 Å². The highest BCUT2D eigenvalue weighted by Crippen LogP contribution is 1.95. The van der Waals surface area contributed by atoms with Crippen LogP contribution in [0, 0.1) is 0 Å². The average molecular weight is 185 g/mol. The minimum Gasteiger partial charge on any atom is -0.394 e. The van der Waals surface area contributed by atoms with Crippen LogP contribution in [0.25, 0.3) is 0 Å². The lowest BCUT2D eigenvalue weighted by molar-refractivity contribution is 0.0779. The highest BCUT2D eigenvalue weighted by atomic mass is 16.3. The fraction of sp³-hybridized carbons (Fsp3) is 0.429. The van der Waals surface area contributed by atoms with Gasteiger partial charge in [-0.1, -0.05) is 0 Å². The molecular weight excluding hydrogens is 174 g/mol. The van der Waals surface area contributed by atoms with Crippen molar-refractivity contribution in [1.29, 1.82) is 0 Å². The predicted molar refractivity (Wildman–Crippen MR) is 43.8 cm³/mol. The van der Waals surface area contributed by atoms with E-state index in [1.165, 1.54) is 16.9 Å². The number of aromatic nitrogens is 2. The Morgan fingerprint density at radius 1 is 1.77 bits per heavy atom. The van der Waals surface area contributed by atoms with Crippen molar-refractivity contribution in [3.05, 3.63) is 18.0 Å². The van der Waals surface area contributed by atoms with Gasteiger partial charge < -0.3 is 15.9 Å². The minimum absolute atomic E-state index is 0.143. The van der Waals surface area contributed by atoms with Crippen molar-refractivity contribution < 1.29 is 15.0 Å². The number of hydrogen-bond donors (Lipinski definition) is 3. The Morgan fingerprint density at radius 3 is 2.92 bits per heavy atom. The molecule has 0 aliphatic heterocycles. The molecule has 0 aliphatic rings. The quantitative estimate of drug-likeness (QED) is 0.522. The number of hydrogen-bond acceptors (Lipinski definition) is 4. The number of aliphatic hydroxyl groups excluding tert-OH is 2. The van der Waals surface area contributed by atoms with E-state index in [4.69, 9.17) is 15.9 Å². The van der Waals surface area contributed by atoms with E-state index in [2.05, 4.69) is 5.10 Å². The summed E-state index contributed by atoms with van der Waals surface area (Å²) in [6, 6.07) is 1.45. The van der Waals surface area contributed by atoms with E-state index >= 15 is 0 Å². The summed E-state index contributed by atoms with van der Waals surface area (Å²) in [5, 5.41) is 21.3. The monoisotopic (exact) mass is 185 g/mol. The van der Waals surface area contributed by atoms with Gasteiger partial charge in [0.25, 0.3) is 5.91 Å². The summed E-state index contributed by atoms with van der Waals surface area (Å²) in [6.45, 7) is -0.199. The van der Waals surface area contributed by atoms with E-state index in [0.29, 0.717) is 0 Å². The fourth-order valence-electron chi connectivity index (χ4n) is 0.868. The van der Waals surface area contributed by atoms with Gasteiger partial charge in [-0.05, 0) is 6.07 Å².